The molecule has 20 heavy (non-hydrogen) atoms. The van der Waals surface area contributed by atoms with E-state index < -0.39 is 0 Å². The number of rotatable bonds is 4. The van der Waals surface area contributed by atoms with Crippen LogP contribution in [-0.2, 0) is 9.59 Å². The van der Waals surface area contributed by atoms with Crippen molar-refractivity contribution in [3.63, 3.8) is 0 Å². The molecule has 0 aromatic rings. The second kappa shape index (κ2) is 7.59. The zero-order chi connectivity index (χ0) is 15.4. The van der Waals surface area contributed by atoms with Crippen molar-refractivity contribution in [2.45, 2.75) is 39.8 Å². The summed E-state index contributed by atoms with van der Waals surface area (Å²) in [5.41, 5.74) is 0. The molecule has 4 nitrogen and oxygen atoms in total. The Kier molecular flexibility index (Phi) is 6.72. The Morgan fingerprint density at radius 1 is 0.750 bits per heavy atom. The van der Waals surface area contributed by atoms with Crippen LogP contribution in [0.4, 0.5) is 0 Å². The summed E-state index contributed by atoms with van der Waals surface area (Å²) in [6.07, 6.45) is 0. The van der Waals surface area contributed by atoms with E-state index in [1.54, 1.807) is 0 Å². The Bertz CT molecular complexity index is 315. The maximum Gasteiger partial charge on any atom is 0.229 e. The van der Waals surface area contributed by atoms with Gasteiger partial charge in [-0.1, -0.05) is 27.7 Å². The van der Waals surface area contributed by atoms with Crippen LogP contribution in [-0.4, -0.2) is 35.4 Å². The fourth-order valence-corrected chi connectivity index (χ4v) is 3.44. The van der Waals surface area contributed by atoms with Gasteiger partial charge in [0.25, 0.3) is 0 Å². The lowest BCUT2D eigenvalue weighted by molar-refractivity contribution is -0.124. The minimum absolute atomic E-state index is 0.0331. The van der Waals surface area contributed by atoms with Gasteiger partial charge in [0.1, 0.15) is 0 Å². The molecule has 0 heterocycles. The molecule has 1 fully saturated rings. The summed E-state index contributed by atoms with van der Waals surface area (Å²) in [6.45, 7) is 8.54. The lowest BCUT2D eigenvalue weighted by Gasteiger charge is -2.48. The van der Waals surface area contributed by atoms with Crippen LogP contribution in [0.5, 0.6) is 0 Å². The molecule has 1 aliphatic carbocycles. The van der Waals surface area contributed by atoms with Crippen molar-refractivity contribution in [2.24, 2.45) is 23.7 Å². The molecule has 0 aromatic heterocycles. The molecular formula is C14H26N2O2S2. The van der Waals surface area contributed by atoms with Crippen LogP contribution in [0.25, 0.3) is 0 Å². The Morgan fingerprint density at radius 3 is 1.20 bits per heavy atom. The highest BCUT2D eigenvalue weighted by molar-refractivity contribution is 7.81. The zero-order valence-corrected chi connectivity index (χ0v) is 14.4. The third kappa shape index (κ3) is 3.85. The number of carbonyl (C=O) groups excluding carboxylic acids is 2. The molecule has 1 rings (SSSR count). The number of carbonyl (C=O) groups is 2. The molecule has 2 N–H and O–H groups in total. The summed E-state index contributed by atoms with van der Waals surface area (Å²) >= 11 is 8.03. The Labute approximate surface area is 132 Å². The van der Waals surface area contributed by atoms with Crippen LogP contribution in [0.2, 0.25) is 0 Å². The highest BCUT2D eigenvalue weighted by atomic mass is 32.1. The standard InChI is InChI=1S/C14H26N2O2S2/c1-7-8(2)14(16-12(18)6-20)10(4)9(3)13(7)15-11(17)5-19/h7-10,13-14,19-20H,5-6H2,1-4H3,(H,15,17)(H,16,18). The lowest BCUT2D eigenvalue weighted by Crippen LogP contribution is -2.60. The van der Waals surface area contributed by atoms with E-state index in [2.05, 4.69) is 63.6 Å². The highest BCUT2D eigenvalue weighted by Gasteiger charge is 2.44. The number of amides is 2. The normalized spacial score (nSPS) is 37.3. The summed E-state index contributed by atoms with van der Waals surface area (Å²) in [6, 6.07) is 0.257. The summed E-state index contributed by atoms with van der Waals surface area (Å²) in [4.78, 5) is 23.2. The molecule has 1 saturated carbocycles. The van der Waals surface area contributed by atoms with E-state index in [1.165, 1.54) is 0 Å². The van der Waals surface area contributed by atoms with Crippen LogP contribution >= 0.6 is 25.3 Å². The van der Waals surface area contributed by atoms with Gasteiger partial charge >= 0.3 is 0 Å². The number of hydrogen-bond acceptors (Lipinski definition) is 4. The molecular weight excluding hydrogens is 292 g/mol. The molecule has 2 amide bonds. The minimum atomic E-state index is -0.0331. The van der Waals surface area contributed by atoms with Crippen molar-refractivity contribution in [3.05, 3.63) is 0 Å². The van der Waals surface area contributed by atoms with Crippen LogP contribution in [0, 0.1) is 23.7 Å². The first-order valence-electron chi connectivity index (χ1n) is 7.13. The molecule has 0 aromatic carbocycles. The molecule has 0 aliphatic heterocycles. The van der Waals surface area contributed by atoms with Crippen molar-refractivity contribution < 1.29 is 9.59 Å². The zero-order valence-electron chi connectivity index (χ0n) is 12.6. The van der Waals surface area contributed by atoms with E-state index >= 15 is 0 Å². The molecule has 4 atom stereocenters. The molecule has 116 valence electrons. The van der Waals surface area contributed by atoms with Crippen molar-refractivity contribution >= 4 is 37.1 Å². The van der Waals surface area contributed by atoms with E-state index in [1.807, 2.05) is 0 Å². The van der Waals surface area contributed by atoms with Gasteiger partial charge in [0.05, 0.1) is 11.5 Å². The predicted octanol–water partition coefficient (Wildman–Crippen LogP) is 1.37. The van der Waals surface area contributed by atoms with Crippen molar-refractivity contribution in [1.29, 1.82) is 0 Å². The van der Waals surface area contributed by atoms with E-state index in [4.69, 9.17) is 0 Å². The van der Waals surface area contributed by atoms with Gasteiger partial charge in [-0.2, -0.15) is 25.3 Å². The number of nitrogens with one attached hydrogen (secondary N) is 2. The fourth-order valence-electron chi connectivity index (χ4n) is 3.25. The first-order chi connectivity index (χ1) is 9.33. The van der Waals surface area contributed by atoms with Crippen molar-refractivity contribution in [1.82, 2.24) is 10.6 Å². The summed E-state index contributed by atoms with van der Waals surface area (Å²) in [7, 11) is 0. The molecule has 0 bridgehead atoms. The molecule has 0 saturated heterocycles. The summed E-state index contributed by atoms with van der Waals surface area (Å²) in [5.74, 6) is 1.55. The molecule has 0 radical (unpaired) electrons. The maximum absolute atomic E-state index is 11.6. The van der Waals surface area contributed by atoms with Crippen LogP contribution in [0.15, 0.2) is 0 Å². The number of thiol groups is 2. The van der Waals surface area contributed by atoms with Crippen LogP contribution in [0.3, 0.4) is 0 Å². The average molecular weight is 319 g/mol. The van der Waals surface area contributed by atoms with Gasteiger partial charge in [-0.05, 0) is 23.7 Å². The number of hydrogen-bond donors (Lipinski definition) is 4. The van der Waals surface area contributed by atoms with Crippen LogP contribution < -0.4 is 10.6 Å². The van der Waals surface area contributed by atoms with Gasteiger partial charge < -0.3 is 10.6 Å². The third-order valence-corrected chi connectivity index (χ3v) is 5.44. The average Bonchev–Trinajstić information content (AvgIpc) is 2.45. The van der Waals surface area contributed by atoms with Gasteiger partial charge in [-0.15, -0.1) is 0 Å². The van der Waals surface area contributed by atoms with Crippen molar-refractivity contribution in [2.75, 3.05) is 11.5 Å². The van der Waals surface area contributed by atoms with Gasteiger partial charge in [0.15, 0.2) is 0 Å². The highest BCUT2D eigenvalue weighted by Crippen LogP contribution is 2.38. The van der Waals surface area contributed by atoms with E-state index in [9.17, 15) is 9.59 Å². The van der Waals surface area contributed by atoms with E-state index in [0.717, 1.165) is 0 Å². The first kappa shape index (κ1) is 17.7. The Morgan fingerprint density at radius 2 is 1.00 bits per heavy atom. The summed E-state index contributed by atoms with van der Waals surface area (Å²) in [5, 5.41) is 6.15. The fraction of sp³-hybridized carbons (Fsp3) is 0.857. The Balaban J connectivity index is 2.84. The SMILES string of the molecule is CC1C(C)C(NC(=O)CS)C(C)C(C)C1NC(=O)CS. The maximum atomic E-state index is 11.6. The topological polar surface area (TPSA) is 58.2 Å². The second-order valence-corrected chi connectivity index (χ2v) is 6.57. The smallest absolute Gasteiger partial charge is 0.229 e. The largest absolute Gasteiger partial charge is 0.352 e. The van der Waals surface area contributed by atoms with Gasteiger partial charge in [0.2, 0.25) is 11.8 Å². The molecule has 4 unspecified atom stereocenters. The first-order valence-corrected chi connectivity index (χ1v) is 8.40. The molecule has 6 heteroatoms. The second-order valence-electron chi connectivity index (χ2n) is 5.94. The van der Waals surface area contributed by atoms with Crippen LogP contribution in [0.1, 0.15) is 27.7 Å². The quantitative estimate of drug-likeness (QED) is 0.592. The van der Waals surface area contributed by atoms with E-state index in [0.29, 0.717) is 23.7 Å². The van der Waals surface area contributed by atoms with Gasteiger partial charge in [-0.25, -0.2) is 0 Å². The third-order valence-electron chi connectivity index (χ3n) is 4.87. The minimum Gasteiger partial charge on any atom is -0.352 e. The summed E-state index contributed by atoms with van der Waals surface area (Å²) < 4.78 is 0. The molecule has 1 aliphatic rings. The van der Waals surface area contributed by atoms with Crippen molar-refractivity contribution in [3.8, 4) is 0 Å². The Hall–Kier alpha value is -0.360. The predicted molar refractivity (Wildman–Crippen MR) is 88.2 cm³/mol. The van der Waals surface area contributed by atoms with Gasteiger partial charge in [0, 0.05) is 12.1 Å². The molecule has 0 spiro atoms. The van der Waals surface area contributed by atoms with Gasteiger partial charge in [-0.3, -0.25) is 9.59 Å². The van der Waals surface area contributed by atoms with E-state index in [-0.39, 0.29) is 35.4 Å². The monoisotopic (exact) mass is 318 g/mol. The lowest BCUT2D eigenvalue weighted by atomic mass is 9.64.